The minimum absolute atomic E-state index is 0.0854. The number of ether oxygens (including phenoxy) is 2. The van der Waals surface area contributed by atoms with Crippen LogP contribution < -0.4 is 5.32 Å². The van der Waals surface area contributed by atoms with E-state index >= 15 is 0 Å². The van der Waals surface area contributed by atoms with E-state index in [2.05, 4.69) is 5.32 Å². The predicted octanol–water partition coefficient (Wildman–Crippen LogP) is 1.84. The second-order valence-electron chi connectivity index (χ2n) is 5.42. The fourth-order valence-electron chi connectivity index (χ4n) is 2.78. The fraction of sp³-hybridized carbons (Fsp3) is 0.353. The zero-order valence-corrected chi connectivity index (χ0v) is 12.8. The molecule has 1 aliphatic heterocycles. The van der Waals surface area contributed by atoms with Crippen LogP contribution >= 0.6 is 0 Å². The Labute approximate surface area is 129 Å². The van der Waals surface area contributed by atoms with Crippen LogP contribution in [-0.4, -0.2) is 42.9 Å². The number of nitrogens with zero attached hydrogens (tertiary/aromatic N) is 1. The van der Waals surface area contributed by atoms with Gasteiger partial charge in [0.15, 0.2) is 0 Å². The molecule has 3 rings (SSSR count). The number of amides is 1. The molecule has 0 aliphatic carbocycles. The first-order chi connectivity index (χ1) is 10.7. The third-order valence-corrected chi connectivity index (χ3v) is 4.07. The summed E-state index contributed by atoms with van der Waals surface area (Å²) in [6.45, 7) is 1.00. The number of aromatic nitrogens is 1. The van der Waals surface area contributed by atoms with Crippen LogP contribution in [0.3, 0.4) is 0 Å². The highest BCUT2D eigenvalue weighted by molar-refractivity contribution is 5.94. The summed E-state index contributed by atoms with van der Waals surface area (Å²) in [4.78, 5) is 12.5. The van der Waals surface area contributed by atoms with Gasteiger partial charge in [-0.3, -0.25) is 4.79 Å². The lowest BCUT2D eigenvalue weighted by molar-refractivity contribution is 0.0683. The van der Waals surface area contributed by atoms with Crippen molar-refractivity contribution in [3.8, 4) is 11.3 Å². The number of nitrogens with one attached hydrogen (secondary N) is 1. The number of hydrogen-bond donors (Lipinski definition) is 1. The summed E-state index contributed by atoms with van der Waals surface area (Å²) in [5.74, 6) is -0.109. The van der Waals surface area contributed by atoms with Gasteiger partial charge < -0.3 is 19.4 Å². The van der Waals surface area contributed by atoms with Crippen molar-refractivity contribution < 1.29 is 14.3 Å². The molecule has 5 heteroatoms. The van der Waals surface area contributed by atoms with Crippen LogP contribution in [0.15, 0.2) is 42.5 Å². The molecule has 0 bridgehead atoms. The van der Waals surface area contributed by atoms with Crippen LogP contribution in [0.4, 0.5) is 0 Å². The molecule has 0 spiro atoms. The van der Waals surface area contributed by atoms with Gasteiger partial charge in [0.1, 0.15) is 11.8 Å². The van der Waals surface area contributed by atoms with Crippen molar-refractivity contribution in [2.75, 3.05) is 20.3 Å². The second kappa shape index (κ2) is 6.34. The summed E-state index contributed by atoms with van der Waals surface area (Å²) in [5.41, 5.74) is 2.72. The first-order valence-corrected chi connectivity index (χ1v) is 7.33. The van der Waals surface area contributed by atoms with Crippen LogP contribution in [0.25, 0.3) is 11.3 Å². The van der Waals surface area contributed by atoms with E-state index < -0.39 is 0 Å². The molecule has 0 radical (unpaired) electrons. The third kappa shape index (κ3) is 2.77. The number of carbonyl (C=O) groups is 1. The molecule has 5 nitrogen and oxygen atoms in total. The van der Waals surface area contributed by atoms with Crippen molar-refractivity contribution in [2.24, 2.45) is 7.05 Å². The van der Waals surface area contributed by atoms with Crippen molar-refractivity contribution in [2.45, 2.75) is 12.1 Å². The monoisotopic (exact) mass is 300 g/mol. The van der Waals surface area contributed by atoms with Gasteiger partial charge in [0.25, 0.3) is 5.91 Å². The van der Waals surface area contributed by atoms with Gasteiger partial charge in [-0.05, 0) is 17.7 Å². The van der Waals surface area contributed by atoms with E-state index in [0.29, 0.717) is 18.9 Å². The number of hydrogen-bond acceptors (Lipinski definition) is 3. The Morgan fingerprint density at radius 1 is 1.23 bits per heavy atom. The highest BCUT2D eigenvalue weighted by Gasteiger charge is 2.30. The highest BCUT2D eigenvalue weighted by Crippen LogP contribution is 2.21. The normalized spacial score (nSPS) is 21.0. The molecular formula is C17H20N2O3. The van der Waals surface area contributed by atoms with Gasteiger partial charge >= 0.3 is 0 Å². The Kier molecular flexibility index (Phi) is 4.27. The maximum Gasteiger partial charge on any atom is 0.268 e. The molecule has 116 valence electrons. The molecule has 2 heterocycles. The predicted molar refractivity (Wildman–Crippen MR) is 83.7 cm³/mol. The Hall–Kier alpha value is -2.11. The molecule has 0 saturated carbocycles. The van der Waals surface area contributed by atoms with E-state index in [1.807, 2.05) is 54.1 Å². The Morgan fingerprint density at radius 2 is 2.00 bits per heavy atom. The third-order valence-electron chi connectivity index (χ3n) is 4.07. The first-order valence-electron chi connectivity index (χ1n) is 7.33. The first kappa shape index (κ1) is 14.8. The van der Waals surface area contributed by atoms with E-state index in [0.717, 1.165) is 11.3 Å². The lowest BCUT2D eigenvalue weighted by Crippen LogP contribution is -2.43. The van der Waals surface area contributed by atoms with E-state index in [-0.39, 0.29) is 18.1 Å². The average molecular weight is 300 g/mol. The number of rotatable bonds is 4. The summed E-state index contributed by atoms with van der Waals surface area (Å²) < 4.78 is 12.6. The second-order valence-corrected chi connectivity index (χ2v) is 5.42. The number of methoxy groups -OCH3 is 1. The van der Waals surface area contributed by atoms with Crippen LogP contribution in [-0.2, 0) is 16.5 Å². The van der Waals surface area contributed by atoms with E-state index in [4.69, 9.17) is 9.47 Å². The molecule has 2 aromatic rings. The molecule has 1 saturated heterocycles. The Balaban J connectivity index is 1.78. The summed E-state index contributed by atoms with van der Waals surface area (Å²) in [6, 6.07) is 13.7. The lowest BCUT2D eigenvalue weighted by atomic mass is 10.2. The van der Waals surface area contributed by atoms with Crippen LogP contribution in [0, 0.1) is 0 Å². The van der Waals surface area contributed by atoms with Crippen molar-refractivity contribution in [1.82, 2.24) is 9.88 Å². The van der Waals surface area contributed by atoms with Crippen molar-refractivity contribution in [3.63, 3.8) is 0 Å². The molecule has 1 N–H and O–H groups in total. The zero-order chi connectivity index (χ0) is 15.5. The van der Waals surface area contributed by atoms with Gasteiger partial charge in [-0.1, -0.05) is 30.3 Å². The summed E-state index contributed by atoms with van der Waals surface area (Å²) in [6.07, 6.45) is -0.0854. The summed E-state index contributed by atoms with van der Waals surface area (Å²) in [7, 11) is 3.53. The van der Waals surface area contributed by atoms with Gasteiger partial charge in [-0.2, -0.15) is 0 Å². The van der Waals surface area contributed by atoms with Crippen molar-refractivity contribution in [1.29, 1.82) is 0 Å². The van der Waals surface area contributed by atoms with Crippen molar-refractivity contribution in [3.05, 3.63) is 48.2 Å². The topological polar surface area (TPSA) is 52.5 Å². The number of benzene rings is 1. The SMILES string of the molecule is CO[C@H]1COC[C@@H]1NC(=O)c1ccc(-c2ccccc2)n1C. The van der Waals surface area contributed by atoms with E-state index in [1.54, 1.807) is 7.11 Å². The average Bonchev–Trinajstić information content (AvgIpc) is 3.14. The van der Waals surface area contributed by atoms with Gasteiger partial charge in [0.2, 0.25) is 0 Å². The molecule has 22 heavy (non-hydrogen) atoms. The molecule has 1 aromatic heterocycles. The Morgan fingerprint density at radius 3 is 2.73 bits per heavy atom. The highest BCUT2D eigenvalue weighted by atomic mass is 16.5. The molecular weight excluding hydrogens is 280 g/mol. The standard InChI is InChI=1S/C17H20N2O3/c1-19-14(12-6-4-3-5-7-12)8-9-15(19)17(20)18-13-10-22-11-16(13)21-2/h3-9,13,16H,10-11H2,1-2H3,(H,18,20)/t13-,16-/m0/s1. The van der Waals surface area contributed by atoms with Gasteiger partial charge in [0, 0.05) is 19.9 Å². The van der Waals surface area contributed by atoms with E-state index in [1.165, 1.54) is 0 Å². The lowest BCUT2D eigenvalue weighted by Gasteiger charge is -2.18. The smallest absolute Gasteiger partial charge is 0.268 e. The van der Waals surface area contributed by atoms with Crippen LogP contribution in [0.1, 0.15) is 10.5 Å². The number of carbonyl (C=O) groups excluding carboxylic acids is 1. The summed E-state index contributed by atoms with van der Waals surface area (Å²) in [5, 5.41) is 2.99. The summed E-state index contributed by atoms with van der Waals surface area (Å²) >= 11 is 0. The maximum atomic E-state index is 12.5. The molecule has 1 aromatic carbocycles. The largest absolute Gasteiger partial charge is 0.377 e. The van der Waals surface area contributed by atoms with Crippen molar-refractivity contribution >= 4 is 5.91 Å². The fourth-order valence-corrected chi connectivity index (χ4v) is 2.78. The molecule has 1 amide bonds. The molecule has 1 aliphatic rings. The molecule has 2 atom stereocenters. The Bertz CT molecular complexity index is 651. The maximum absolute atomic E-state index is 12.5. The van der Waals surface area contributed by atoms with E-state index in [9.17, 15) is 4.79 Å². The zero-order valence-electron chi connectivity index (χ0n) is 12.8. The minimum atomic E-state index is -0.109. The van der Waals surface area contributed by atoms with Gasteiger partial charge in [0.05, 0.1) is 19.3 Å². The van der Waals surface area contributed by atoms with Gasteiger partial charge in [-0.15, -0.1) is 0 Å². The van der Waals surface area contributed by atoms with Crippen LogP contribution in [0.5, 0.6) is 0 Å². The quantitative estimate of drug-likeness (QED) is 0.937. The molecule has 1 fully saturated rings. The van der Waals surface area contributed by atoms with Crippen LogP contribution in [0.2, 0.25) is 0 Å². The molecule has 0 unspecified atom stereocenters. The minimum Gasteiger partial charge on any atom is -0.377 e. The van der Waals surface area contributed by atoms with Gasteiger partial charge in [-0.25, -0.2) is 0 Å².